The monoisotopic (exact) mass is 705 g/mol. The Bertz CT molecular complexity index is 2060. The van der Waals surface area contributed by atoms with Crippen molar-refractivity contribution in [1.82, 2.24) is 19.8 Å². The first-order chi connectivity index (χ1) is 24.3. The first-order valence-corrected chi connectivity index (χ1v) is 18.2. The van der Waals surface area contributed by atoms with Gasteiger partial charge in [-0.3, -0.25) is 9.80 Å². The molecule has 2 N–H and O–H groups in total. The van der Waals surface area contributed by atoms with E-state index in [0.29, 0.717) is 46.6 Å². The molecule has 0 amide bonds. The van der Waals surface area contributed by atoms with Gasteiger partial charge in [0, 0.05) is 73.0 Å². The minimum absolute atomic E-state index is 0.0112. The third kappa shape index (κ3) is 4.88. The molecule has 5 aliphatic heterocycles. The molecule has 7 heterocycles. The second-order valence-electron chi connectivity index (χ2n) is 14.3. The molecular weight excluding hydrogens is 668 g/mol. The van der Waals surface area contributed by atoms with Gasteiger partial charge in [-0.15, -0.1) is 11.3 Å². The number of likely N-dealkylation sites (tertiary alicyclic amines) is 1. The van der Waals surface area contributed by atoms with Gasteiger partial charge in [0.05, 0.1) is 36.3 Å². The van der Waals surface area contributed by atoms with E-state index in [0.717, 1.165) is 51.9 Å². The summed E-state index contributed by atoms with van der Waals surface area (Å²) in [4.78, 5) is 16.6. The predicted molar refractivity (Wildman–Crippen MR) is 184 cm³/mol. The summed E-state index contributed by atoms with van der Waals surface area (Å²) in [6.07, 6.45) is 3.11. The third-order valence-electron chi connectivity index (χ3n) is 11.6. The van der Waals surface area contributed by atoms with Crippen LogP contribution in [-0.4, -0.2) is 96.6 Å². The molecule has 50 heavy (non-hydrogen) atoms. The van der Waals surface area contributed by atoms with Crippen molar-refractivity contribution in [3.05, 3.63) is 40.5 Å². The lowest BCUT2D eigenvalue weighted by atomic mass is 9.90. The summed E-state index contributed by atoms with van der Waals surface area (Å²) in [7, 11) is 1.70. The molecule has 4 aromatic rings. The van der Waals surface area contributed by atoms with E-state index in [1.54, 1.807) is 13.2 Å². The van der Waals surface area contributed by atoms with Crippen molar-refractivity contribution in [2.45, 2.75) is 69.1 Å². The molecule has 2 unspecified atom stereocenters. The van der Waals surface area contributed by atoms with Crippen LogP contribution in [0.1, 0.15) is 48.8 Å². The zero-order chi connectivity index (χ0) is 34.3. The van der Waals surface area contributed by atoms with Crippen molar-refractivity contribution in [1.29, 1.82) is 5.26 Å². The maximum atomic E-state index is 17.5. The Labute approximate surface area is 291 Å². The lowest BCUT2D eigenvalue weighted by molar-refractivity contribution is 0.107. The highest BCUT2D eigenvalue weighted by Gasteiger charge is 2.50. The highest BCUT2D eigenvalue weighted by atomic mass is 32.1. The molecule has 9 rings (SSSR count). The van der Waals surface area contributed by atoms with Gasteiger partial charge in [0.25, 0.3) is 0 Å². The fraction of sp³-hybridized carbons (Fsp3) is 0.528. The first kappa shape index (κ1) is 32.2. The van der Waals surface area contributed by atoms with Crippen LogP contribution < -0.4 is 15.4 Å². The standard InChI is InChI=1S/C36H38F3N7O3S/c1-47-10-9-44-14-20-3-4-21(15-44)46(20)34-29-24-17-48-16-23(24)28(30-25(38)5-6-26-27(30)22(12-40)33(41)50-26)31(39)32(29)42-35(43-34)49-18-36-7-2-8-45(36)13-19(37)11-36/h5-6,19-21H,2-4,7-11,13-18,41H2,1H3/t19-,20?,21?,36+/m1/s1. The first-order valence-electron chi connectivity index (χ1n) is 17.4. The molecule has 2 aromatic heterocycles. The number of halogens is 3. The Balaban J connectivity index is 1.24. The van der Waals surface area contributed by atoms with Gasteiger partial charge < -0.3 is 24.8 Å². The Morgan fingerprint density at radius 1 is 1.10 bits per heavy atom. The van der Waals surface area contributed by atoms with Gasteiger partial charge in [-0.1, -0.05) is 0 Å². The molecule has 4 saturated heterocycles. The van der Waals surface area contributed by atoms with Crippen molar-refractivity contribution >= 4 is 43.1 Å². The summed E-state index contributed by atoms with van der Waals surface area (Å²) >= 11 is 1.17. The highest BCUT2D eigenvalue weighted by Crippen LogP contribution is 2.49. The van der Waals surface area contributed by atoms with E-state index in [-0.39, 0.29) is 70.5 Å². The molecule has 262 valence electrons. The molecule has 14 heteroatoms. The number of methoxy groups -OCH3 is 1. The molecule has 10 nitrogen and oxygen atoms in total. The number of thiophene rings is 1. The number of ether oxygens (including phenoxy) is 3. The minimum atomic E-state index is -0.929. The van der Waals surface area contributed by atoms with Gasteiger partial charge in [-0.2, -0.15) is 15.2 Å². The number of alkyl halides is 1. The van der Waals surface area contributed by atoms with Crippen LogP contribution in [0.5, 0.6) is 6.01 Å². The van der Waals surface area contributed by atoms with Crippen molar-refractivity contribution in [2.24, 2.45) is 0 Å². The van der Waals surface area contributed by atoms with Gasteiger partial charge in [-0.05, 0) is 55.5 Å². The molecule has 4 atom stereocenters. The van der Waals surface area contributed by atoms with Crippen molar-refractivity contribution in [2.75, 3.05) is 63.7 Å². The number of hydrogen-bond acceptors (Lipinski definition) is 11. The highest BCUT2D eigenvalue weighted by molar-refractivity contribution is 7.23. The van der Waals surface area contributed by atoms with E-state index in [4.69, 9.17) is 29.9 Å². The van der Waals surface area contributed by atoms with Gasteiger partial charge in [0.2, 0.25) is 0 Å². The Hall–Kier alpha value is -3.74. The van der Waals surface area contributed by atoms with E-state index in [2.05, 4.69) is 20.8 Å². The quantitative estimate of drug-likeness (QED) is 0.251. The average Bonchev–Trinajstić information content (AvgIpc) is 3.91. The maximum absolute atomic E-state index is 17.5. The predicted octanol–water partition coefficient (Wildman–Crippen LogP) is 5.53. The number of fused-ring (bicyclic) bond motifs is 7. The zero-order valence-corrected chi connectivity index (χ0v) is 28.6. The number of nitrogens with two attached hydrogens (primary N) is 1. The second-order valence-corrected chi connectivity index (χ2v) is 15.4. The minimum Gasteiger partial charge on any atom is -0.461 e. The number of nitrogens with zero attached hydrogens (tertiary/aromatic N) is 6. The molecule has 2 bridgehead atoms. The Kier molecular flexibility index (Phi) is 7.85. The fourth-order valence-corrected chi connectivity index (χ4v) is 10.4. The van der Waals surface area contributed by atoms with Crippen LogP contribution in [0.4, 0.5) is 24.0 Å². The SMILES string of the molecule is COCCN1CC2CCC(C1)N2c1nc(OC[C@@]23CCCN2C[C@H](F)C3)nc2c(F)c(-c3c(F)ccc4sc(N)c(C#N)c34)c3c(c12)COC3. The number of hydrogen-bond donors (Lipinski definition) is 1. The second kappa shape index (κ2) is 12.2. The Morgan fingerprint density at radius 3 is 2.68 bits per heavy atom. The van der Waals surface area contributed by atoms with E-state index in [1.165, 1.54) is 17.4 Å². The summed E-state index contributed by atoms with van der Waals surface area (Å²) in [5.41, 5.74) is 7.08. The molecule has 0 spiro atoms. The van der Waals surface area contributed by atoms with Gasteiger partial charge in [-0.25, -0.2) is 13.2 Å². The maximum Gasteiger partial charge on any atom is 0.319 e. The lowest BCUT2D eigenvalue weighted by Gasteiger charge is -2.42. The molecule has 0 radical (unpaired) electrons. The summed E-state index contributed by atoms with van der Waals surface area (Å²) in [5.74, 6) is -0.811. The van der Waals surface area contributed by atoms with Crippen LogP contribution in [0.25, 0.3) is 32.1 Å². The largest absolute Gasteiger partial charge is 0.461 e. The molecular formula is C36H38F3N7O3S. The number of benzene rings is 2. The van der Waals surface area contributed by atoms with Crippen molar-refractivity contribution in [3.8, 4) is 23.2 Å². The number of piperazine rings is 1. The van der Waals surface area contributed by atoms with Crippen molar-refractivity contribution in [3.63, 3.8) is 0 Å². The van der Waals surface area contributed by atoms with E-state index in [9.17, 15) is 9.65 Å². The van der Waals surface area contributed by atoms with Crippen molar-refractivity contribution < 1.29 is 27.4 Å². The number of aromatic nitrogens is 2. The number of nitriles is 1. The summed E-state index contributed by atoms with van der Waals surface area (Å²) in [5, 5.41) is 11.1. The number of rotatable bonds is 8. The van der Waals surface area contributed by atoms with E-state index < -0.39 is 23.3 Å². The van der Waals surface area contributed by atoms with Crippen LogP contribution in [0, 0.1) is 23.0 Å². The average molecular weight is 706 g/mol. The topological polar surface area (TPSA) is 113 Å². The van der Waals surface area contributed by atoms with E-state index in [1.807, 2.05) is 0 Å². The Morgan fingerprint density at radius 2 is 1.90 bits per heavy atom. The smallest absolute Gasteiger partial charge is 0.319 e. The van der Waals surface area contributed by atoms with Crippen LogP contribution >= 0.6 is 11.3 Å². The van der Waals surface area contributed by atoms with Gasteiger partial charge >= 0.3 is 6.01 Å². The lowest BCUT2D eigenvalue weighted by Crippen LogP contribution is -2.54. The molecule has 0 aliphatic carbocycles. The van der Waals surface area contributed by atoms with Gasteiger partial charge in [0.15, 0.2) is 5.82 Å². The van der Waals surface area contributed by atoms with Crippen LogP contribution in [-0.2, 0) is 22.7 Å². The fourth-order valence-electron chi connectivity index (χ4n) is 9.43. The third-order valence-corrected chi connectivity index (χ3v) is 12.6. The molecule has 5 aliphatic rings. The molecule has 4 fully saturated rings. The van der Waals surface area contributed by atoms with Crippen LogP contribution in [0.15, 0.2) is 12.1 Å². The van der Waals surface area contributed by atoms with Gasteiger partial charge in [0.1, 0.15) is 41.0 Å². The summed E-state index contributed by atoms with van der Waals surface area (Å²) in [6, 6.07) is 5.22. The summed E-state index contributed by atoms with van der Waals surface area (Å²) < 4.78 is 66.5. The van der Waals surface area contributed by atoms with Crippen LogP contribution in [0.2, 0.25) is 0 Å². The number of nitrogen functional groups attached to an aromatic ring is 1. The summed E-state index contributed by atoms with van der Waals surface area (Å²) in [6.45, 7) is 4.67. The van der Waals surface area contributed by atoms with Crippen LogP contribution in [0.3, 0.4) is 0 Å². The zero-order valence-electron chi connectivity index (χ0n) is 27.8. The molecule has 2 aromatic carbocycles. The van der Waals surface area contributed by atoms with E-state index >= 15 is 8.78 Å². The molecule has 0 saturated carbocycles. The number of anilines is 2. The normalized spacial score (nSPS) is 26.3.